The van der Waals surface area contributed by atoms with Crippen LogP contribution in [0.4, 0.5) is 5.69 Å². The van der Waals surface area contributed by atoms with Crippen molar-refractivity contribution in [3.63, 3.8) is 0 Å². The number of halogens is 1. The van der Waals surface area contributed by atoms with E-state index in [4.69, 9.17) is 22.1 Å². The van der Waals surface area contributed by atoms with E-state index >= 15 is 0 Å². The van der Waals surface area contributed by atoms with Crippen LogP contribution >= 0.6 is 11.6 Å². The molecule has 2 aromatic rings. The van der Waals surface area contributed by atoms with Crippen molar-refractivity contribution >= 4 is 23.2 Å². The Bertz CT molecular complexity index is 629. The Balaban J connectivity index is 1.95. The van der Waals surface area contributed by atoms with Gasteiger partial charge in [-0.1, -0.05) is 35.9 Å². The van der Waals surface area contributed by atoms with E-state index in [1.54, 1.807) is 30.3 Å². The Labute approximate surface area is 128 Å². The van der Waals surface area contributed by atoms with Crippen molar-refractivity contribution in [2.45, 2.75) is 13.0 Å². The number of carbonyl (C=O) groups is 1. The summed E-state index contributed by atoms with van der Waals surface area (Å²) in [6.45, 7) is 1.78. The van der Waals surface area contributed by atoms with E-state index in [9.17, 15) is 4.79 Å². The second-order valence-corrected chi connectivity index (χ2v) is 5.11. The highest BCUT2D eigenvalue weighted by Crippen LogP contribution is 2.23. The minimum Gasteiger partial charge on any atom is -0.483 e. The first-order valence-electron chi connectivity index (χ1n) is 6.59. The Morgan fingerprint density at radius 2 is 2.05 bits per heavy atom. The zero-order valence-electron chi connectivity index (χ0n) is 11.7. The summed E-state index contributed by atoms with van der Waals surface area (Å²) >= 11 is 5.86. The van der Waals surface area contributed by atoms with Gasteiger partial charge in [-0.3, -0.25) is 4.79 Å². The van der Waals surface area contributed by atoms with E-state index in [1.165, 1.54) is 0 Å². The summed E-state index contributed by atoms with van der Waals surface area (Å²) in [6, 6.07) is 14.2. The molecule has 0 aliphatic rings. The highest BCUT2D eigenvalue weighted by atomic mass is 35.5. The van der Waals surface area contributed by atoms with Crippen molar-refractivity contribution in [1.29, 1.82) is 0 Å². The number of nitrogens with two attached hydrogens (primary N) is 1. The van der Waals surface area contributed by atoms with Crippen LogP contribution in [-0.2, 0) is 4.79 Å². The van der Waals surface area contributed by atoms with Crippen LogP contribution in [0.15, 0.2) is 48.5 Å². The molecule has 1 atom stereocenters. The van der Waals surface area contributed by atoms with Crippen LogP contribution in [0, 0.1) is 0 Å². The van der Waals surface area contributed by atoms with Gasteiger partial charge in [-0.25, -0.2) is 0 Å². The fraction of sp³-hybridized carbons (Fsp3) is 0.188. The normalized spacial score (nSPS) is 11.8. The van der Waals surface area contributed by atoms with Gasteiger partial charge in [0.2, 0.25) is 0 Å². The van der Waals surface area contributed by atoms with Crippen molar-refractivity contribution < 1.29 is 9.53 Å². The van der Waals surface area contributed by atoms with Crippen LogP contribution in [-0.4, -0.2) is 12.5 Å². The molecule has 0 spiro atoms. The highest BCUT2D eigenvalue weighted by Gasteiger charge is 2.09. The Morgan fingerprint density at radius 1 is 1.29 bits per heavy atom. The lowest BCUT2D eigenvalue weighted by Crippen LogP contribution is -2.21. The first kappa shape index (κ1) is 15.4. The lowest BCUT2D eigenvalue weighted by atomic mass is 10.1. The van der Waals surface area contributed by atoms with Crippen molar-refractivity contribution in [3.05, 3.63) is 59.1 Å². The molecule has 0 heterocycles. The average molecular weight is 305 g/mol. The molecule has 0 radical (unpaired) electrons. The number of rotatable bonds is 5. The number of ether oxygens (including phenoxy) is 1. The largest absolute Gasteiger partial charge is 0.483 e. The van der Waals surface area contributed by atoms with Crippen LogP contribution in [0.2, 0.25) is 5.02 Å². The van der Waals surface area contributed by atoms with Crippen LogP contribution in [0.5, 0.6) is 5.75 Å². The van der Waals surface area contributed by atoms with Gasteiger partial charge in [-0.2, -0.15) is 0 Å². The van der Waals surface area contributed by atoms with Gasteiger partial charge < -0.3 is 15.8 Å². The maximum Gasteiger partial charge on any atom is 0.262 e. The summed E-state index contributed by atoms with van der Waals surface area (Å²) in [5.41, 5.74) is 7.37. The summed E-state index contributed by atoms with van der Waals surface area (Å²) in [5.74, 6) is 0.366. The molecule has 3 N–H and O–H groups in total. The summed E-state index contributed by atoms with van der Waals surface area (Å²) in [6.07, 6.45) is 0. The standard InChI is InChI=1S/C16H17ClN2O2/c1-11(18)14-7-2-3-8-15(14)21-10-16(20)19-13-6-4-5-12(17)9-13/h2-9,11H,10,18H2,1H3,(H,19,20)/t11-/m1/s1. The third-order valence-electron chi connectivity index (χ3n) is 2.88. The van der Waals surface area contributed by atoms with E-state index in [2.05, 4.69) is 5.32 Å². The first-order valence-corrected chi connectivity index (χ1v) is 6.97. The molecule has 0 bridgehead atoms. The number of anilines is 1. The Hall–Kier alpha value is -2.04. The maximum absolute atomic E-state index is 11.9. The van der Waals surface area contributed by atoms with E-state index in [0.717, 1.165) is 5.56 Å². The predicted molar refractivity (Wildman–Crippen MR) is 84.6 cm³/mol. The molecule has 110 valence electrons. The average Bonchev–Trinajstić information content (AvgIpc) is 2.45. The Kier molecular flexibility index (Phi) is 5.20. The summed E-state index contributed by atoms with van der Waals surface area (Å²) in [4.78, 5) is 11.9. The van der Waals surface area contributed by atoms with E-state index in [0.29, 0.717) is 16.5 Å². The van der Waals surface area contributed by atoms with Gasteiger partial charge in [-0.15, -0.1) is 0 Å². The molecule has 2 aromatic carbocycles. The quantitative estimate of drug-likeness (QED) is 0.890. The summed E-state index contributed by atoms with van der Waals surface area (Å²) < 4.78 is 5.54. The first-order chi connectivity index (χ1) is 10.1. The molecule has 0 saturated carbocycles. The minimum absolute atomic E-state index is 0.0871. The van der Waals surface area contributed by atoms with Gasteiger partial charge in [0.05, 0.1) is 0 Å². The molecular weight excluding hydrogens is 288 g/mol. The molecule has 0 fully saturated rings. The second kappa shape index (κ2) is 7.11. The Morgan fingerprint density at radius 3 is 2.76 bits per heavy atom. The maximum atomic E-state index is 11.9. The molecule has 0 aromatic heterocycles. The van der Waals surface area contributed by atoms with Crippen LogP contribution < -0.4 is 15.8 Å². The van der Waals surface area contributed by atoms with Gasteiger partial charge in [0.15, 0.2) is 6.61 Å². The molecular formula is C16H17ClN2O2. The molecule has 4 nitrogen and oxygen atoms in total. The third kappa shape index (κ3) is 4.48. The van der Waals surface area contributed by atoms with E-state index < -0.39 is 0 Å². The molecule has 21 heavy (non-hydrogen) atoms. The molecule has 0 aliphatic heterocycles. The zero-order chi connectivity index (χ0) is 15.2. The molecule has 0 unspecified atom stereocenters. The molecule has 5 heteroatoms. The van der Waals surface area contributed by atoms with Gasteiger partial charge in [-0.05, 0) is 31.2 Å². The van der Waals surface area contributed by atoms with Crippen molar-refractivity contribution in [2.24, 2.45) is 5.73 Å². The third-order valence-corrected chi connectivity index (χ3v) is 3.11. The number of carbonyl (C=O) groups excluding carboxylic acids is 1. The predicted octanol–water partition coefficient (Wildman–Crippen LogP) is 3.38. The van der Waals surface area contributed by atoms with Crippen molar-refractivity contribution in [3.8, 4) is 5.75 Å². The second-order valence-electron chi connectivity index (χ2n) is 4.67. The molecule has 0 aliphatic carbocycles. The number of hydrogen-bond acceptors (Lipinski definition) is 3. The lowest BCUT2D eigenvalue weighted by molar-refractivity contribution is -0.118. The molecule has 2 rings (SSSR count). The monoisotopic (exact) mass is 304 g/mol. The van der Waals surface area contributed by atoms with Crippen molar-refractivity contribution in [2.75, 3.05) is 11.9 Å². The highest BCUT2D eigenvalue weighted by molar-refractivity contribution is 6.30. The van der Waals surface area contributed by atoms with Crippen molar-refractivity contribution in [1.82, 2.24) is 0 Å². The fourth-order valence-electron chi connectivity index (χ4n) is 1.89. The van der Waals surface area contributed by atoms with Gasteiger partial charge >= 0.3 is 0 Å². The smallest absolute Gasteiger partial charge is 0.262 e. The van der Waals surface area contributed by atoms with Crippen LogP contribution in [0.25, 0.3) is 0 Å². The van der Waals surface area contributed by atoms with Gasteiger partial charge in [0, 0.05) is 22.3 Å². The minimum atomic E-state index is -0.253. The summed E-state index contributed by atoms with van der Waals surface area (Å²) in [7, 11) is 0. The number of benzene rings is 2. The van der Waals surface area contributed by atoms with Gasteiger partial charge in [0.1, 0.15) is 5.75 Å². The number of nitrogens with one attached hydrogen (secondary N) is 1. The van der Waals surface area contributed by atoms with E-state index in [-0.39, 0.29) is 18.6 Å². The molecule has 1 amide bonds. The zero-order valence-corrected chi connectivity index (χ0v) is 12.4. The topological polar surface area (TPSA) is 64.3 Å². The number of hydrogen-bond donors (Lipinski definition) is 2. The lowest BCUT2D eigenvalue weighted by Gasteiger charge is -2.13. The van der Waals surface area contributed by atoms with E-state index in [1.807, 2.05) is 25.1 Å². The van der Waals surface area contributed by atoms with Gasteiger partial charge in [0.25, 0.3) is 5.91 Å². The summed E-state index contributed by atoms with van der Waals surface area (Å²) in [5, 5.41) is 3.29. The van der Waals surface area contributed by atoms with Crippen LogP contribution in [0.1, 0.15) is 18.5 Å². The fourth-order valence-corrected chi connectivity index (χ4v) is 2.09. The number of amides is 1. The SMILES string of the molecule is C[C@@H](N)c1ccccc1OCC(=O)Nc1cccc(Cl)c1. The van der Waals surface area contributed by atoms with Crippen LogP contribution in [0.3, 0.4) is 0 Å². The molecule has 0 saturated heterocycles. The number of para-hydroxylation sites is 1.